The van der Waals surface area contributed by atoms with E-state index >= 15 is 0 Å². The third kappa shape index (κ3) is 6.54. The number of esters is 1. The molecule has 1 aliphatic heterocycles. The minimum absolute atomic E-state index is 0.398. The fourth-order valence-electron chi connectivity index (χ4n) is 5.73. The van der Waals surface area contributed by atoms with Gasteiger partial charge >= 0.3 is 5.97 Å². The zero-order valence-electron chi connectivity index (χ0n) is 25.5. The van der Waals surface area contributed by atoms with E-state index in [2.05, 4.69) is 31.2 Å². The van der Waals surface area contributed by atoms with E-state index in [9.17, 15) is 4.79 Å². The summed E-state index contributed by atoms with van der Waals surface area (Å²) in [6, 6.07) is 12.3. The maximum Gasteiger partial charge on any atom is 0.354 e. The summed E-state index contributed by atoms with van der Waals surface area (Å²) in [5.41, 5.74) is 8.56. The summed E-state index contributed by atoms with van der Waals surface area (Å²) < 4.78 is 15.3. The summed E-state index contributed by atoms with van der Waals surface area (Å²) in [6.07, 6.45) is 1.33. The summed E-state index contributed by atoms with van der Waals surface area (Å²) in [5, 5.41) is 15.4. The highest BCUT2D eigenvalue weighted by atomic mass is 35.5. The van der Waals surface area contributed by atoms with Crippen molar-refractivity contribution in [3.63, 3.8) is 0 Å². The Morgan fingerprint density at radius 1 is 1.12 bits per heavy atom. The Bertz CT molecular complexity index is 1750. The van der Waals surface area contributed by atoms with Gasteiger partial charge < -0.3 is 19.5 Å². The fourth-order valence-corrected chi connectivity index (χ4v) is 7.84. The molecule has 1 aliphatic rings. The van der Waals surface area contributed by atoms with Crippen molar-refractivity contribution in [1.82, 2.24) is 14.3 Å². The fraction of sp³-hybridized carbons (Fsp3) is 0.364. The molecule has 3 heterocycles. The number of ether oxygens (including phenoxy) is 2. The van der Waals surface area contributed by atoms with E-state index in [0.29, 0.717) is 47.4 Å². The third-order valence-electron chi connectivity index (χ3n) is 7.61. The SMILES string of the molecule is COC(=O)c1c2c3ccc(Cl)c(c3n1C)C(=C(C)C)C(=N)CSCc1cc(n(C)n1)CSc1cc(C)cc(c1)OCCC2. The molecule has 226 valence electrons. The first-order valence-corrected chi connectivity index (χ1v) is 16.7. The molecule has 43 heavy (non-hydrogen) atoms. The lowest BCUT2D eigenvalue weighted by Crippen LogP contribution is -2.12. The topological polar surface area (TPSA) is 82.1 Å². The van der Waals surface area contributed by atoms with Crippen LogP contribution in [0.25, 0.3) is 16.5 Å². The summed E-state index contributed by atoms with van der Waals surface area (Å²) in [5.74, 6) is 2.42. The monoisotopic (exact) mass is 636 g/mol. The van der Waals surface area contributed by atoms with E-state index in [1.807, 2.05) is 49.3 Å². The Hall–Kier alpha value is -3.14. The highest BCUT2D eigenvalue weighted by Crippen LogP contribution is 2.39. The number of hydrogen-bond donors (Lipinski definition) is 1. The first-order valence-electron chi connectivity index (χ1n) is 14.2. The molecule has 4 aromatic rings. The van der Waals surface area contributed by atoms with E-state index < -0.39 is 5.97 Å². The second-order valence-corrected chi connectivity index (χ2v) is 13.5. The van der Waals surface area contributed by atoms with Gasteiger partial charge in [0.25, 0.3) is 0 Å². The molecular formula is C33H37ClN4O3S2. The van der Waals surface area contributed by atoms with Crippen molar-refractivity contribution in [3.8, 4) is 5.75 Å². The Kier molecular flexibility index (Phi) is 9.63. The molecule has 0 saturated carbocycles. The van der Waals surface area contributed by atoms with Gasteiger partial charge in [-0.2, -0.15) is 5.10 Å². The molecule has 7 nitrogen and oxygen atoms in total. The second-order valence-electron chi connectivity index (χ2n) is 11.0. The van der Waals surface area contributed by atoms with Crippen LogP contribution in [0.2, 0.25) is 5.02 Å². The first-order chi connectivity index (χ1) is 20.6. The molecule has 0 spiro atoms. The van der Waals surface area contributed by atoms with Crippen LogP contribution < -0.4 is 4.74 Å². The number of carbonyl (C=O) groups excluding carboxylic acids is 1. The largest absolute Gasteiger partial charge is 0.494 e. The molecule has 0 fully saturated rings. The molecule has 0 unspecified atom stereocenters. The van der Waals surface area contributed by atoms with Crippen LogP contribution in [-0.4, -0.2) is 45.5 Å². The van der Waals surface area contributed by atoms with Crippen LogP contribution in [0.3, 0.4) is 0 Å². The Morgan fingerprint density at radius 2 is 1.91 bits per heavy atom. The van der Waals surface area contributed by atoms with Crippen molar-refractivity contribution in [1.29, 1.82) is 5.41 Å². The van der Waals surface area contributed by atoms with Crippen LogP contribution in [-0.2, 0) is 36.8 Å². The van der Waals surface area contributed by atoms with Gasteiger partial charge in [-0.15, -0.1) is 23.5 Å². The van der Waals surface area contributed by atoms with E-state index in [0.717, 1.165) is 66.5 Å². The maximum atomic E-state index is 13.1. The maximum absolute atomic E-state index is 13.1. The van der Waals surface area contributed by atoms with Crippen molar-refractivity contribution >= 4 is 63.3 Å². The number of aryl methyl sites for hydroxylation is 4. The van der Waals surface area contributed by atoms with E-state index in [-0.39, 0.29) is 0 Å². The highest BCUT2D eigenvalue weighted by Gasteiger charge is 2.27. The van der Waals surface area contributed by atoms with Crippen LogP contribution >= 0.6 is 35.1 Å². The minimum Gasteiger partial charge on any atom is -0.494 e. The molecule has 0 saturated heterocycles. The van der Waals surface area contributed by atoms with Gasteiger partial charge in [0.05, 0.1) is 29.9 Å². The van der Waals surface area contributed by atoms with Gasteiger partial charge in [0.2, 0.25) is 0 Å². The number of carbonyl (C=O) groups is 1. The van der Waals surface area contributed by atoms with Crippen LogP contribution in [0.15, 0.2) is 46.9 Å². The summed E-state index contributed by atoms with van der Waals surface area (Å²) >= 11 is 10.3. The van der Waals surface area contributed by atoms with E-state index in [1.54, 1.807) is 23.5 Å². The average Bonchev–Trinajstić information content (AvgIpc) is 3.45. The standard InChI is InChI=1S/C33H37ClN4O3S2/c1-19(2)29-28(35)18-42-16-21-14-22(38(5)36-21)17-43-24-13-20(3)12-23(15-24)41-11-7-8-25-26-9-10-27(34)30(29)31(26)37(4)32(25)33(39)40-6/h9-10,12-15,35H,7-8,11,16-18H2,1-6H3. The molecule has 2 aromatic heterocycles. The number of halogens is 1. The first kappa shape index (κ1) is 31.3. The van der Waals surface area contributed by atoms with Crippen LogP contribution in [0, 0.1) is 12.3 Å². The lowest BCUT2D eigenvalue weighted by molar-refractivity contribution is 0.0589. The van der Waals surface area contributed by atoms with Crippen LogP contribution in [0.4, 0.5) is 0 Å². The molecular weight excluding hydrogens is 600 g/mol. The molecule has 0 aliphatic carbocycles. The number of allylic oxidation sites excluding steroid dienone is 2. The van der Waals surface area contributed by atoms with Gasteiger partial charge in [-0.1, -0.05) is 23.2 Å². The number of aromatic nitrogens is 3. The second kappa shape index (κ2) is 13.2. The van der Waals surface area contributed by atoms with E-state index in [4.69, 9.17) is 31.6 Å². The zero-order valence-corrected chi connectivity index (χ0v) is 27.9. The van der Waals surface area contributed by atoms with Gasteiger partial charge in [0.1, 0.15) is 11.4 Å². The van der Waals surface area contributed by atoms with Gasteiger partial charge in [0.15, 0.2) is 0 Å². The van der Waals surface area contributed by atoms with Gasteiger partial charge in [-0.3, -0.25) is 4.68 Å². The Balaban J connectivity index is 1.61. The number of hydrogen-bond acceptors (Lipinski definition) is 7. The average molecular weight is 637 g/mol. The van der Waals surface area contributed by atoms with Crippen molar-refractivity contribution in [2.75, 3.05) is 19.5 Å². The summed E-state index contributed by atoms with van der Waals surface area (Å²) in [4.78, 5) is 14.3. The molecule has 2 aromatic carbocycles. The van der Waals surface area contributed by atoms with Crippen LogP contribution in [0.1, 0.15) is 58.8 Å². The number of benzene rings is 2. The zero-order chi connectivity index (χ0) is 30.8. The number of nitrogens with zero attached hydrogens (tertiary/aromatic N) is 3. The number of nitrogens with one attached hydrogen (secondary N) is 1. The number of rotatable bonds is 1. The van der Waals surface area contributed by atoms with E-state index in [1.165, 1.54) is 7.11 Å². The number of thioether (sulfide) groups is 2. The smallest absolute Gasteiger partial charge is 0.354 e. The molecule has 10 heteroatoms. The highest BCUT2D eigenvalue weighted by molar-refractivity contribution is 7.99. The van der Waals surface area contributed by atoms with Crippen molar-refractivity contribution in [2.24, 2.45) is 14.1 Å². The molecule has 1 N–H and O–H groups in total. The van der Waals surface area contributed by atoms with Crippen molar-refractivity contribution in [2.45, 2.75) is 50.0 Å². The third-order valence-corrected chi connectivity index (χ3v) is 9.93. The Labute approximate surface area is 266 Å². The Morgan fingerprint density at radius 3 is 2.65 bits per heavy atom. The molecule has 0 amide bonds. The molecule has 8 bridgehead atoms. The molecule has 5 rings (SSSR count). The lowest BCUT2D eigenvalue weighted by atomic mass is 9.94. The predicted octanol–water partition coefficient (Wildman–Crippen LogP) is 8.02. The number of methoxy groups -OCH3 is 1. The van der Waals surface area contributed by atoms with Gasteiger partial charge in [-0.05, 0) is 75.1 Å². The normalized spacial score (nSPS) is 14.9. The quantitative estimate of drug-likeness (QED) is 0.213. The summed E-state index contributed by atoms with van der Waals surface area (Å²) in [6.45, 7) is 6.59. The van der Waals surface area contributed by atoms with Gasteiger partial charge in [-0.25, -0.2) is 4.79 Å². The molecule has 0 atom stereocenters. The minimum atomic E-state index is -0.398. The number of fused-ring (bicyclic) bond motifs is 4. The van der Waals surface area contributed by atoms with Crippen LogP contribution in [0.5, 0.6) is 5.75 Å². The summed E-state index contributed by atoms with van der Waals surface area (Å²) in [7, 11) is 5.26. The van der Waals surface area contributed by atoms with Crippen molar-refractivity contribution in [3.05, 3.63) is 80.8 Å². The predicted molar refractivity (Wildman–Crippen MR) is 179 cm³/mol. The lowest BCUT2D eigenvalue weighted by Gasteiger charge is -2.16. The van der Waals surface area contributed by atoms with Gasteiger partial charge in [0, 0.05) is 64.2 Å². The van der Waals surface area contributed by atoms with Crippen molar-refractivity contribution < 1.29 is 14.3 Å². The molecule has 0 radical (unpaired) electrons.